The number of anilines is 1. The average Bonchev–Trinajstić information content (AvgIpc) is 3.16. The van der Waals surface area contributed by atoms with Gasteiger partial charge in [-0.15, -0.1) is 10.2 Å². The molecule has 1 aliphatic heterocycles. The first-order valence-electron chi connectivity index (χ1n) is 6.92. The molecule has 0 radical (unpaired) electrons. The number of nitrogens with one attached hydrogen (secondary N) is 1. The highest BCUT2D eigenvalue weighted by atomic mass is 32.2. The maximum atomic E-state index is 11.0. The Bertz CT molecular complexity index is 837. The molecule has 1 aromatic heterocycles. The number of aromatic nitrogens is 3. The van der Waals surface area contributed by atoms with Gasteiger partial charge in [0.25, 0.3) is 0 Å². The number of hydrogen-bond donors (Lipinski definition) is 2. The van der Waals surface area contributed by atoms with Gasteiger partial charge in [-0.1, -0.05) is 54.2 Å². The molecule has 0 amide bonds. The van der Waals surface area contributed by atoms with Crippen LogP contribution in [0.25, 0.3) is 11.4 Å². The van der Waals surface area contributed by atoms with E-state index in [1.54, 1.807) is 28.6 Å². The summed E-state index contributed by atoms with van der Waals surface area (Å²) in [5.41, 5.74) is 5.33. The van der Waals surface area contributed by atoms with Gasteiger partial charge in [-0.3, -0.25) is 5.21 Å². The summed E-state index contributed by atoms with van der Waals surface area (Å²) in [5.74, 6) is 0.592. The van der Waals surface area contributed by atoms with E-state index in [9.17, 15) is 5.21 Å². The van der Waals surface area contributed by atoms with E-state index in [0.717, 1.165) is 10.7 Å². The molecule has 2 heterocycles. The van der Waals surface area contributed by atoms with Crippen molar-refractivity contribution in [2.75, 3.05) is 10.7 Å². The molecule has 1 atom stereocenters. The van der Waals surface area contributed by atoms with E-state index in [2.05, 4.69) is 15.6 Å². The van der Waals surface area contributed by atoms with Crippen molar-refractivity contribution in [1.82, 2.24) is 14.9 Å². The lowest BCUT2D eigenvalue weighted by molar-refractivity contribution is 0.296. The van der Waals surface area contributed by atoms with Gasteiger partial charge in [0.15, 0.2) is 5.82 Å². The van der Waals surface area contributed by atoms with Crippen LogP contribution >= 0.6 is 11.8 Å². The fourth-order valence-corrected chi connectivity index (χ4v) is 3.43. The van der Waals surface area contributed by atoms with E-state index in [1.807, 2.05) is 36.4 Å². The lowest BCUT2D eigenvalue weighted by Crippen LogP contribution is -2.14. The minimum atomic E-state index is -0.167. The van der Waals surface area contributed by atoms with Crippen LogP contribution < -0.4 is 10.7 Å². The van der Waals surface area contributed by atoms with Crippen LogP contribution in [-0.2, 0) is 0 Å². The molecule has 2 aromatic carbocycles. The average molecular weight is 326 g/mol. The van der Waals surface area contributed by atoms with Gasteiger partial charge in [0.2, 0.25) is 5.16 Å². The monoisotopic (exact) mass is 326 g/mol. The largest absolute Gasteiger partial charge is 0.733 e. The number of fused-ring (bicyclic) bond motifs is 1. The molecule has 0 saturated carbocycles. The maximum Gasteiger partial charge on any atom is 0.212 e. The standard InChI is InChI=1S/C15H12N5O2S/c21-20(22)12-8-4-7-11(9-12)13-16-17-15-19(13)18-14(23-15)10-5-2-1-3-6-10/h1-9,14,18,21H/q-1. The molecule has 0 bridgehead atoms. The molecule has 1 aliphatic rings. The molecule has 0 saturated heterocycles. The van der Waals surface area contributed by atoms with Gasteiger partial charge in [0, 0.05) is 5.56 Å². The first kappa shape index (κ1) is 14.1. The van der Waals surface area contributed by atoms with Gasteiger partial charge in [0.1, 0.15) is 5.37 Å². The zero-order valence-corrected chi connectivity index (χ0v) is 12.6. The molecular weight excluding hydrogens is 314 g/mol. The molecular formula is C15H12N5O2S-. The van der Waals surface area contributed by atoms with Crippen LogP contribution in [0.5, 0.6) is 0 Å². The molecule has 0 aliphatic carbocycles. The third-order valence-corrected chi connectivity index (χ3v) is 4.62. The highest BCUT2D eigenvalue weighted by Crippen LogP contribution is 2.40. The molecule has 0 spiro atoms. The fraction of sp³-hybridized carbons (Fsp3) is 0.0667. The minimum absolute atomic E-state index is 0.0532. The van der Waals surface area contributed by atoms with E-state index in [-0.39, 0.29) is 16.3 Å². The van der Waals surface area contributed by atoms with E-state index in [0.29, 0.717) is 11.4 Å². The normalized spacial score (nSPS) is 16.0. The number of nitrogens with zero attached hydrogens (tertiary/aromatic N) is 4. The second kappa shape index (κ2) is 5.58. The van der Waals surface area contributed by atoms with Crippen LogP contribution in [0.3, 0.4) is 0 Å². The van der Waals surface area contributed by atoms with Crippen molar-refractivity contribution in [2.24, 2.45) is 0 Å². The summed E-state index contributed by atoms with van der Waals surface area (Å²) in [5, 5.41) is 29.1. The predicted molar refractivity (Wildman–Crippen MR) is 87.5 cm³/mol. The van der Waals surface area contributed by atoms with Gasteiger partial charge in [0.05, 0.1) is 5.69 Å². The highest BCUT2D eigenvalue weighted by Gasteiger charge is 2.27. The summed E-state index contributed by atoms with van der Waals surface area (Å²) in [7, 11) is 0. The summed E-state index contributed by atoms with van der Waals surface area (Å²) < 4.78 is 1.80. The second-order valence-corrected chi connectivity index (χ2v) is 6.07. The minimum Gasteiger partial charge on any atom is -0.733 e. The number of hydrogen-bond acceptors (Lipinski definition) is 7. The number of thioether (sulfide) groups is 1. The highest BCUT2D eigenvalue weighted by molar-refractivity contribution is 7.99. The summed E-state index contributed by atoms with van der Waals surface area (Å²) in [6.07, 6.45) is 0. The zero-order valence-electron chi connectivity index (χ0n) is 11.8. The Morgan fingerprint density at radius 1 is 1.13 bits per heavy atom. The summed E-state index contributed by atoms with van der Waals surface area (Å²) in [6, 6.07) is 16.6. The third kappa shape index (κ3) is 2.52. The van der Waals surface area contributed by atoms with Gasteiger partial charge < -0.3 is 15.9 Å². The van der Waals surface area contributed by atoms with Crippen LogP contribution in [-0.4, -0.2) is 20.1 Å². The zero-order chi connectivity index (χ0) is 15.8. The van der Waals surface area contributed by atoms with Crippen molar-refractivity contribution in [2.45, 2.75) is 10.5 Å². The van der Waals surface area contributed by atoms with Crippen molar-refractivity contribution < 1.29 is 5.21 Å². The molecule has 116 valence electrons. The van der Waals surface area contributed by atoms with E-state index >= 15 is 0 Å². The molecule has 7 nitrogen and oxygen atoms in total. The smallest absolute Gasteiger partial charge is 0.212 e. The summed E-state index contributed by atoms with van der Waals surface area (Å²) in [6.45, 7) is 0. The Labute approximate surface area is 136 Å². The molecule has 4 rings (SSSR count). The Kier molecular flexibility index (Phi) is 3.41. The van der Waals surface area contributed by atoms with Crippen molar-refractivity contribution in [1.29, 1.82) is 0 Å². The molecule has 0 fully saturated rings. The van der Waals surface area contributed by atoms with Crippen LogP contribution in [0, 0.1) is 5.21 Å². The van der Waals surface area contributed by atoms with Crippen LogP contribution in [0.4, 0.5) is 5.69 Å². The van der Waals surface area contributed by atoms with Gasteiger partial charge in [-0.2, -0.15) is 0 Å². The third-order valence-electron chi connectivity index (χ3n) is 3.53. The van der Waals surface area contributed by atoms with Crippen LogP contribution in [0.2, 0.25) is 0 Å². The Morgan fingerprint density at radius 3 is 2.74 bits per heavy atom. The topological polar surface area (TPSA) is 89.3 Å². The molecule has 8 heteroatoms. The van der Waals surface area contributed by atoms with Gasteiger partial charge in [-0.25, -0.2) is 4.68 Å². The number of rotatable bonds is 3. The predicted octanol–water partition coefficient (Wildman–Crippen LogP) is 2.99. The van der Waals surface area contributed by atoms with Crippen molar-refractivity contribution in [3.05, 3.63) is 65.4 Å². The van der Waals surface area contributed by atoms with Crippen LogP contribution in [0.1, 0.15) is 10.9 Å². The van der Waals surface area contributed by atoms with Crippen molar-refractivity contribution in [3.8, 4) is 11.4 Å². The van der Waals surface area contributed by atoms with Gasteiger partial charge >= 0.3 is 0 Å². The SMILES string of the molecule is [O-]N(O)c1cccc(-c2nnc3n2NC(c2ccccc2)S3)c1. The quantitative estimate of drug-likeness (QED) is 0.715. The van der Waals surface area contributed by atoms with Crippen molar-refractivity contribution in [3.63, 3.8) is 0 Å². The van der Waals surface area contributed by atoms with E-state index < -0.39 is 0 Å². The maximum absolute atomic E-state index is 11.0. The van der Waals surface area contributed by atoms with Crippen LogP contribution in [0.15, 0.2) is 59.8 Å². The first-order chi connectivity index (χ1) is 11.2. The Balaban J connectivity index is 1.67. The molecule has 1 unspecified atom stereocenters. The first-order valence-corrected chi connectivity index (χ1v) is 7.80. The molecule has 2 N–H and O–H groups in total. The number of benzene rings is 2. The summed E-state index contributed by atoms with van der Waals surface area (Å²) in [4.78, 5) is 0. The summed E-state index contributed by atoms with van der Waals surface area (Å²) >= 11 is 1.57. The Hall–Kier alpha value is -2.55. The van der Waals surface area contributed by atoms with E-state index in [1.165, 1.54) is 6.07 Å². The van der Waals surface area contributed by atoms with Crippen molar-refractivity contribution >= 4 is 17.4 Å². The molecule has 23 heavy (non-hydrogen) atoms. The lowest BCUT2D eigenvalue weighted by atomic mass is 10.2. The van der Waals surface area contributed by atoms with E-state index in [4.69, 9.17) is 5.21 Å². The lowest BCUT2D eigenvalue weighted by Gasteiger charge is -2.21. The fourth-order valence-electron chi connectivity index (χ4n) is 2.43. The second-order valence-electron chi connectivity index (χ2n) is 5.00. The molecule has 3 aromatic rings. The Morgan fingerprint density at radius 2 is 1.96 bits per heavy atom. The van der Waals surface area contributed by atoms with Gasteiger partial charge in [-0.05, 0) is 17.7 Å².